The van der Waals surface area contributed by atoms with Crippen LogP contribution in [0.15, 0.2) is 24.5 Å². The molecule has 8 heteroatoms. The molecule has 0 aromatic carbocycles. The molecule has 4 rings (SSSR count). The van der Waals surface area contributed by atoms with Crippen molar-refractivity contribution >= 4 is 11.8 Å². The normalized spacial score (nSPS) is 20.8. The highest BCUT2D eigenvalue weighted by Crippen LogP contribution is 2.28. The summed E-state index contributed by atoms with van der Waals surface area (Å²) in [5.41, 5.74) is 0.872. The number of carbonyl (C=O) groups is 2. The van der Waals surface area contributed by atoms with Crippen LogP contribution in [0.25, 0.3) is 11.4 Å². The summed E-state index contributed by atoms with van der Waals surface area (Å²) in [5.74, 6) is 1.22. The topological polar surface area (TPSA) is 104 Å². The van der Waals surface area contributed by atoms with Crippen molar-refractivity contribution in [3.05, 3.63) is 30.4 Å². The number of aromatic amines is 1. The molecule has 27 heavy (non-hydrogen) atoms. The molecule has 2 aromatic rings. The first kappa shape index (κ1) is 17.6. The van der Waals surface area contributed by atoms with Crippen molar-refractivity contribution in [1.29, 1.82) is 0 Å². The molecule has 3 heterocycles. The molecule has 0 radical (unpaired) electrons. The third-order valence-corrected chi connectivity index (χ3v) is 5.48. The standard InChI is InChI=1S/C19H24N6O2/c26-17-6-5-14(12-25(17)15-3-1-2-4-15)19(27)21-11-16-22-18(24-23-16)13-7-9-20-10-8-13/h7-10,14-15H,1-6,11-12H2,(H,21,27)(H,22,23,24). The number of aromatic nitrogens is 4. The van der Waals surface area contributed by atoms with Gasteiger partial charge in [-0.05, 0) is 31.4 Å². The molecule has 2 amide bonds. The molecule has 0 bridgehead atoms. The van der Waals surface area contributed by atoms with E-state index in [-0.39, 0.29) is 17.7 Å². The highest BCUT2D eigenvalue weighted by Gasteiger charge is 2.35. The molecule has 8 nitrogen and oxygen atoms in total. The number of piperidine rings is 1. The number of nitrogens with zero attached hydrogens (tertiary/aromatic N) is 4. The van der Waals surface area contributed by atoms with Gasteiger partial charge in [0.2, 0.25) is 11.8 Å². The molecule has 0 spiro atoms. The zero-order valence-corrected chi connectivity index (χ0v) is 15.2. The first-order valence-corrected chi connectivity index (χ1v) is 9.59. The van der Waals surface area contributed by atoms with Gasteiger partial charge in [-0.15, -0.1) is 0 Å². The van der Waals surface area contributed by atoms with Gasteiger partial charge >= 0.3 is 0 Å². The fourth-order valence-corrected chi connectivity index (χ4v) is 3.97. The van der Waals surface area contributed by atoms with E-state index in [9.17, 15) is 9.59 Å². The highest BCUT2D eigenvalue weighted by molar-refractivity contribution is 5.84. The Balaban J connectivity index is 1.33. The average molecular weight is 368 g/mol. The van der Waals surface area contributed by atoms with Crippen LogP contribution in [0.5, 0.6) is 0 Å². The minimum Gasteiger partial charge on any atom is -0.349 e. The number of hydrogen-bond acceptors (Lipinski definition) is 5. The summed E-state index contributed by atoms with van der Waals surface area (Å²) >= 11 is 0. The lowest BCUT2D eigenvalue weighted by molar-refractivity contribution is -0.140. The van der Waals surface area contributed by atoms with Crippen molar-refractivity contribution in [3.8, 4) is 11.4 Å². The van der Waals surface area contributed by atoms with Crippen LogP contribution in [0.4, 0.5) is 0 Å². The molecular weight excluding hydrogens is 344 g/mol. The lowest BCUT2D eigenvalue weighted by Crippen LogP contribution is -2.49. The zero-order valence-electron chi connectivity index (χ0n) is 15.2. The molecule has 2 N–H and O–H groups in total. The van der Waals surface area contributed by atoms with Crippen LogP contribution < -0.4 is 5.32 Å². The van der Waals surface area contributed by atoms with Gasteiger partial charge in [-0.1, -0.05) is 12.8 Å². The van der Waals surface area contributed by atoms with Crippen LogP contribution in [0.2, 0.25) is 0 Å². The summed E-state index contributed by atoms with van der Waals surface area (Å²) < 4.78 is 0. The van der Waals surface area contributed by atoms with E-state index in [0.717, 1.165) is 18.4 Å². The number of rotatable bonds is 5. The first-order valence-electron chi connectivity index (χ1n) is 9.59. The Labute approximate surface area is 157 Å². The van der Waals surface area contributed by atoms with Crippen molar-refractivity contribution in [3.63, 3.8) is 0 Å². The van der Waals surface area contributed by atoms with E-state index < -0.39 is 0 Å². The number of pyridine rings is 1. The lowest BCUT2D eigenvalue weighted by Gasteiger charge is -2.36. The molecule has 1 aliphatic heterocycles. The van der Waals surface area contributed by atoms with Crippen molar-refractivity contribution < 1.29 is 9.59 Å². The second kappa shape index (κ2) is 7.85. The van der Waals surface area contributed by atoms with Crippen molar-refractivity contribution in [2.24, 2.45) is 5.92 Å². The zero-order chi connectivity index (χ0) is 18.6. The maximum absolute atomic E-state index is 12.6. The Hall–Kier alpha value is -2.77. The SMILES string of the molecule is O=C(NCc1nc(-c2ccncc2)n[nH]1)C1CCC(=O)N(C2CCCC2)C1. The largest absolute Gasteiger partial charge is 0.349 e. The Kier molecular flexibility index (Phi) is 5.13. The third kappa shape index (κ3) is 3.99. The van der Waals surface area contributed by atoms with Gasteiger partial charge in [-0.25, -0.2) is 4.98 Å². The molecule has 1 aliphatic carbocycles. The summed E-state index contributed by atoms with van der Waals surface area (Å²) in [6, 6.07) is 4.00. The van der Waals surface area contributed by atoms with E-state index >= 15 is 0 Å². The smallest absolute Gasteiger partial charge is 0.225 e. The van der Waals surface area contributed by atoms with Gasteiger partial charge in [0.25, 0.3) is 0 Å². The van der Waals surface area contributed by atoms with E-state index in [0.29, 0.717) is 43.6 Å². The molecule has 1 saturated carbocycles. The Morgan fingerprint density at radius 2 is 2.00 bits per heavy atom. The molecule has 2 fully saturated rings. The fourth-order valence-electron chi connectivity index (χ4n) is 3.97. The van der Waals surface area contributed by atoms with Gasteiger partial charge in [0.15, 0.2) is 5.82 Å². The lowest BCUT2D eigenvalue weighted by atomic mass is 9.95. The quantitative estimate of drug-likeness (QED) is 0.835. The second-order valence-corrected chi connectivity index (χ2v) is 7.28. The monoisotopic (exact) mass is 368 g/mol. The van der Waals surface area contributed by atoms with E-state index in [1.54, 1.807) is 12.4 Å². The van der Waals surface area contributed by atoms with Crippen LogP contribution in [-0.4, -0.2) is 49.5 Å². The van der Waals surface area contributed by atoms with Gasteiger partial charge in [0.1, 0.15) is 5.82 Å². The minimum atomic E-state index is -0.147. The number of nitrogens with one attached hydrogen (secondary N) is 2. The van der Waals surface area contributed by atoms with Gasteiger partial charge in [0.05, 0.1) is 12.5 Å². The number of likely N-dealkylation sites (tertiary alicyclic amines) is 1. The van der Waals surface area contributed by atoms with E-state index in [1.165, 1.54) is 12.8 Å². The molecule has 2 aromatic heterocycles. The maximum atomic E-state index is 12.6. The minimum absolute atomic E-state index is 0.0210. The van der Waals surface area contributed by atoms with Gasteiger partial charge in [-0.2, -0.15) is 5.10 Å². The first-order chi connectivity index (χ1) is 13.2. The number of carbonyl (C=O) groups excluding carboxylic acids is 2. The second-order valence-electron chi connectivity index (χ2n) is 7.28. The van der Waals surface area contributed by atoms with E-state index in [1.807, 2.05) is 17.0 Å². The summed E-state index contributed by atoms with van der Waals surface area (Å²) in [6.45, 7) is 0.832. The maximum Gasteiger partial charge on any atom is 0.225 e. The van der Waals surface area contributed by atoms with Gasteiger partial charge in [0, 0.05) is 37.0 Å². The van der Waals surface area contributed by atoms with E-state index in [4.69, 9.17) is 0 Å². The van der Waals surface area contributed by atoms with Gasteiger partial charge in [-0.3, -0.25) is 19.7 Å². The highest BCUT2D eigenvalue weighted by atomic mass is 16.2. The summed E-state index contributed by atoms with van der Waals surface area (Å²) in [6.07, 6.45) is 8.94. The molecule has 2 aliphatic rings. The molecule has 142 valence electrons. The van der Waals surface area contributed by atoms with Crippen molar-refractivity contribution in [2.75, 3.05) is 6.54 Å². The third-order valence-electron chi connectivity index (χ3n) is 5.48. The fraction of sp³-hybridized carbons (Fsp3) is 0.526. The summed E-state index contributed by atoms with van der Waals surface area (Å²) in [7, 11) is 0. The summed E-state index contributed by atoms with van der Waals surface area (Å²) in [4.78, 5) is 35.2. The molecule has 1 atom stereocenters. The predicted octanol–water partition coefficient (Wildman–Crippen LogP) is 1.66. The van der Waals surface area contributed by atoms with Crippen molar-refractivity contribution in [2.45, 2.75) is 51.1 Å². The molecule has 1 unspecified atom stereocenters. The Bertz CT molecular complexity index is 800. The van der Waals surface area contributed by atoms with Gasteiger partial charge < -0.3 is 10.2 Å². The van der Waals surface area contributed by atoms with Crippen LogP contribution in [-0.2, 0) is 16.1 Å². The summed E-state index contributed by atoms with van der Waals surface area (Å²) in [5, 5.41) is 9.98. The Morgan fingerprint density at radius 1 is 1.22 bits per heavy atom. The van der Waals surface area contributed by atoms with Crippen LogP contribution >= 0.6 is 0 Å². The average Bonchev–Trinajstić information content (AvgIpc) is 3.39. The number of hydrogen-bond donors (Lipinski definition) is 2. The Morgan fingerprint density at radius 3 is 2.78 bits per heavy atom. The van der Waals surface area contributed by atoms with Crippen LogP contribution in [0.1, 0.15) is 44.3 Å². The van der Waals surface area contributed by atoms with Crippen LogP contribution in [0.3, 0.4) is 0 Å². The number of H-pyrrole nitrogens is 1. The molecular formula is C19H24N6O2. The van der Waals surface area contributed by atoms with Crippen molar-refractivity contribution in [1.82, 2.24) is 30.4 Å². The molecule has 1 saturated heterocycles. The van der Waals surface area contributed by atoms with E-state index in [2.05, 4.69) is 25.5 Å². The van der Waals surface area contributed by atoms with Crippen LogP contribution in [0, 0.1) is 5.92 Å². The number of amides is 2. The predicted molar refractivity (Wildman–Crippen MR) is 98.2 cm³/mol.